The molecule has 0 aliphatic heterocycles. The molecule has 2 aromatic heterocycles. The Kier molecular flexibility index (Phi) is 5.59. The SMILES string of the molecule is CC1C(=O)C(C#N)=C[C@@]2(C)c3nc(-c4ccnc5ccccc45)nc(OC4CCCCC4)c3CCC12. The van der Waals surface area contributed by atoms with Crippen LogP contribution in [-0.4, -0.2) is 26.8 Å². The number of ketones is 1. The molecule has 0 amide bonds. The molecule has 1 aromatic carbocycles. The van der Waals surface area contributed by atoms with Crippen molar-refractivity contribution in [2.75, 3.05) is 0 Å². The third-order valence-electron chi connectivity index (χ3n) is 8.52. The molecule has 0 bridgehead atoms. The van der Waals surface area contributed by atoms with Gasteiger partial charge < -0.3 is 4.74 Å². The zero-order chi connectivity index (χ0) is 24.9. The number of hydrogen-bond acceptors (Lipinski definition) is 6. The van der Waals surface area contributed by atoms with Crippen molar-refractivity contribution < 1.29 is 9.53 Å². The predicted octanol–water partition coefficient (Wildman–Crippen LogP) is 5.89. The van der Waals surface area contributed by atoms with Crippen molar-refractivity contribution in [2.45, 2.75) is 70.3 Å². The minimum atomic E-state index is -0.544. The Morgan fingerprint density at radius 1 is 1.08 bits per heavy atom. The lowest BCUT2D eigenvalue weighted by Crippen LogP contribution is -2.46. The largest absolute Gasteiger partial charge is 0.474 e. The van der Waals surface area contributed by atoms with Crippen LogP contribution in [0.15, 0.2) is 48.2 Å². The first-order valence-corrected chi connectivity index (χ1v) is 13.1. The summed E-state index contributed by atoms with van der Waals surface area (Å²) in [5.41, 5.74) is 3.40. The number of fused-ring (bicyclic) bond motifs is 4. The van der Waals surface area contributed by atoms with E-state index < -0.39 is 5.41 Å². The van der Waals surface area contributed by atoms with Crippen LogP contribution in [0.1, 0.15) is 63.6 Å². The molecule has 1 fully saturated rings. The molecule has 3 atom stereocenters. The van der Waals surface area contributed by atoms with Crippen molar-refractivity contribution in [3.8, 4) is 23.3 Å². The number of nitriles is 1. The van der Waals surface area contributed by atoms with Gasteiger partial charge >= 0.3 is 0 Å². The zero-order valence-corrected chi connectivity index (χ0v) is 20.8. The van der Waals surface area contributed by atoms with Gasteiger partial charge in [-0.2, -0.15) is 10.2 Å². The van der Waals surface area contributed by atoms with Crippen LogP contribution in [0.4, 0.5) is 0 Å². The van der Waals surface area contributed by atoms with Gasteiger partial charge in [-0.05, 0) is 56.6 Å². The fraction of sp³-hybridized carbons (Fsp3) is 0.433. The molecular weight excluding hydrogens is 448 g/mol. The van der Waals surface area contributed by atoms with Gasteiger partial charge in [0.2, 0.25) is 5.88 Å². The normalized spacial score (nSPS) is 26.0. The lowest BCUT2D eigenvalue weighted by atomic mass is 9.58. The Labute approximate surface area is 211 Å². The van der Waals surface area contributed by atoms with E-state index in [0.717, 1.165) is 53.4 Å². The number of para-hydroxylation sites is 1. The highest BCUT2D eigenvalue weighted by Gasteiger charge is 2.50. The lowest BCUT2D eigenvalue weighted by molar-refractivity contribution is -0.121. The summed E-state index contributed by atoms with van der Waals surface area (Å²) < 4.78 is 6.63. The van der Waals surface area contributed by atoms with E-state index in [-0.39, 0.29) is 29.3 Å². The number of benzene rings is 1. The van der Waals surface area contributed by atoms with Crippen LogP contribution in [0.3, 0.4) is 0 Å². The topological polar surface area (TPSA) is 88.8 Å². The van der Waals surface area contributed by atoms with Crippen LogP contribution in [0, 0.1) is 23.2 Å². The highest BCUT2D eigenvalue weighted by molar-refractivity contribution is 6.02. The van der Waals surface area contributed by atoms with E-state index in [1.54, 1.807) is 6.20 Å². The molecule has 0 saturated heterocycles. The summed E-state index contributed by atoms with van der Waals surface area (Å²) in [5.74, 6) is 1.06. The van der Waals surface area contributed by atoms with Crippen molar-refractivity contribution in [1.29, 1.82) is 5.26 Å². The number of carbonyl (C=O) groups is 1. The Morgan fingerprint density at radius 3 is 2.69 bits per heavy atom. The Bertz CT molecular complexity index is 1430. The molecule has 6 rings (SSSR count). The zero-order valence-electron chi connectivity index (χ0n) is 20.8. The molecule has 0 N–H and O–H groups in total. The molecule has 182 valence electrons. The fourth-order valence-electron chi connectivity index (χ4n) is 6.59. The van der Waals surface area contributed by atoms with Gasteiger partial charge in [0.05, 0.1) is 16.8 Å². The summed E-state index contributed by atoms with van der Waals surface area (Å²) in [4.78, 5) is 27.6. The molecule has 0 radical (unpaired) electrons. The average molecular weight is 479 g/mol. The molecule has 3 aliphatic carbocycles. The maximum absolute atomic E-state index is 12.9. The minimum Gasteiger partial charge on any atom is -0.474 e. The number of rotatable bonds is 3. The molecule has 6 nitrogen and oxygen atoms in total. The molecule has 2 heterocycles. The predicted molar refractivity (Wildman–Crippen MR) is 137 cm³/mol. The van der Waals surface area contributed by atoms with Crippen LogP contribution >= 0.6 is 0 Å². The summed E-state index contributed by atoms with van der Waals surface area (Å²) in [5, 5.41) is 10.7. The van der Waals surface area contributed by atoms with Crippen LogP contribution in [0.5, 0.6) is 5.88 Å². The maximum atomic E-state index is 12.9. The molecule has 3 aliphatic rings. The third-order valence-corrected chi connectivity index (χ3v) is 8.52. The Hall–Kier alpha value is -3.59. The van der Waals surface area contributed by atoms with E-state index in [2.05, 4.69) is 18.0 Å². The van der Waals surface area contributed by atoms with E-state index in [0.29, 0.717) is 11.7 Å². The second-order valence-corrected chi connectivity index (χ2v) is 10.7. The molecular formula is C30H30N4O2. The van der Waals surface area contributed by atoms with E-state index >= 15 is 0 Å². The van der Waals surface area contributed by atoms with Crippen molar-refractivity contribution in [2.24, 2.45) is 11.8 Å². The van der Waals surface area contributed by atoms with Crippen LogP contribution < -0.4 is 4.74 Å². The van der Waals surface area contributed by atoms with Crippen LogP contribution in [0.2, 0.25) is 0 Å². The Balaban J connectivity index is 1.58. The van der Waals surface area contributed by atoms with E-state index in [1.807, 2.05) is 43.3 Å². The molecule has 36 heavy (non-hydrogen) atoms. The first-order valence-electron chi connectivity index (χ1n) is 13.1. The van der Waals surface area contributed by atoms with Gasteiger partial charge in [-0.15, -0.1) is 0 Å². The second-order valence-electron chi connectivity index (χ2n) is 10.7. The average Bonchev–Trinajstić information content (AvgIpc) is 2.91. The molecule has 6 heteroatoms. The number of aromatic nitrogens is 3. The molecule has 0 spiro atoms. The van der Waals surface area contributed by atoms with Crippen molar-refractivity contribution in [3.05, 3.63) is 59.4 Å². The van der Waals surface area contributed by atoms with Gasteiger partial charge in [-0.3, -0.25) is 9.78 Å². The van der Waals surface area contributed by atoms with Gasteiger partial charge in [0.1, 0.15) is 12.2 Å². The maximum Gasteiger partial charge on any atom is 0.220 e. The third kappa shape index (κ3) is 3.61. The van der Waals surface area contributed by atoms with Gasteiger partial charge in [0.15, 0.2) is 11.6 Å². The van der Waals surface area contributed by atoms with E-state index in [4.69, 9.17) is 14.7 Å². The number of carbonyl (C=O) groups excluding carboxylic acids is 1. The van der Waals surface area contributed by atoms with Gasteiger partial charge in [-0.1, -0.05) is 44.5 Å². The summed E-state index contributed by atoms with van der Waals surface area (Å²) >= 11 is 0. The Morgan fingerprint density at radius 2 is 1.89 bits per heavy atom. The quantitative estimate of drug-likeness (QED) is 0.466. The number of allylic oxidation sites excluding steroid dienone is 2. The first kappa shape index (κ1) is 22.8. The van der Waals surface area contributed by atoms with Crippen LogP contribution in [0.25, 0.3) is 22.3 Å². The summed E-state index contributed by atoms with van der Waals surface area (Å²) in [6.45, 7) is 4.08. The van der Waals surface area contributed by atoms with E-state index in [9.17, 15) is 10.1 Å². The summed E-state index contributed by atoms with van der Waals surface area (Å²) in [6, 6.07) is 12.1. The second kappa shape index (κ2) is 8.81. The van der Waals surface area contributed by atoms with Crippen molar-refractivity contribution in [1.82, 2.24) is 15.0 Å². The highest BCUT2D eigenvalue weighted by Crippen LogP contribution is 2.51. The number of Topliss-reactive ketones (excluding diaryl/α,β-unsaturated/α-hetero) is 1. The van der Waals surface area contributed by atoms with Gasteiger partial charge in [0, 0.05) is 34.0 Å². The molecule has 1 saturated carbocycles. The smallest absolute Gasteiger partial charge is 0.220 e. The standard InChI is InChI=1S/C30H30N4O2/c1-18-24-13-12-23-27(30(24,2)16-19(17-31)26(18)35)33-28(34-29(23)36-20-8-4-3-5-9-20)22-14-15-32-25-11-7-6-10-21(22)25/h6-7,10-11,14-16,18,20,24H,3-5,8-9,12-13H2,1-2H3/t18?,24?,30-/m1/s1. The number of pyridine rings is 1. The van der Waals surface area contributed by atoms with Crippen molar-refractivity contribution >= 4 is 16.7 Å². The number of nitrogens with zero attached hydrogens (tertiary/aromatic N) is 4. The molecule has 2 unspecified atom stereocenters. The monoisotopic (exact) mass is 478 g/mol. The van der Waals surface area contributed by atoms with E-state index in [1.165, 1.54) is 19.3 Å². The van der Waals surface area contributed by atoms with Crippen LogP contribution in [-0.2, 0) is 16.6 Å². The number of hydrogen-bond donors (Lipinski definition) is 0. The fourth-order valence-corrected chi connectivity index (χ4v) is 6.59. The summed E-state index contributed by atoms with van der Waals surface area (Å²) in [6.07, 6.45) is 11.1. The van der Waals surface area contributed by atoms with Gasteiger partial charge in [0.25, 0.3) is 0 Å². The van der Waals surface area contributed by atoms with Crippen molar-refractivity contribution in [3.63, 3.8) is 0 Å². The highest BCUT2D eigenvalue weighted by atomic mass is 16.5. The minimum absolute atomic E-state index is 0.0588. The first-order chi connectivity index (χ1) is 17.5. The van der Waals surface area contributed by atoms with Gasteiger partial charge in [-0.25, -0.2) is 4.98 Å². The number of ether oxygens (including phenoxy) is 1. The summed E-state index contributed by atoms with van der Waals surface area (Å²) in [7, 11) is 0. The lowest BCUT2D eigenvalue weighted by Gasteiger charge is -2.45. The molecule has 3 aromatic rings.